The zero-order chi connectivity index (χ0) is 14.0. The summed E-state index contributed by atoms with van der Waals surface area (Å²) in [5, 5.41) is 0. The summed E-state index contributed by atoms with van der Waals surface area (Å²) in [7, 11) is 0. The van der Waals surface area contributed by atoms with Crippen LogP contribution in [0.4, 0.5) is 0 Å². The van der Waals surface area contributed by atoms with Gasteiger partial charge < -0.3 is 4.74 Å². The molecule has 0 bridgehead atoms. The lowest BCUT2D eigenvalue weighted by Gasteiger charge is -2.54. The van der Waals surface area contributed by atoms with Crippen molar-refractivity contribution in [2.75, 3.05) is 6.61 Å². The number of rotatable bonds is 5. The second kappa shape index (κ2) is 6.38. The predicted octanol–water partition coefficient (Wildman–Crippen LogP) is 5.58. The zero-order valence-electron chi connectivity index (χ0n) is 13.7. The fourth-order valence-electron chi connectivity index (χ4n) is 5.38. The first kappa shape index (κ1) is 14.9. The normalized spacial score (nSPS) is 34.4. The Hall–Kier alpha value is -0.0400. The maximum Gasteiger partial charge on any atom is 0.0578 e. The van der Waals surface area contributed by atoms with Gasteiger partial charge in [0.15, 0.2) is 0 Å². The Kier molecular flexibility index (Phi) is 4.75. The highest BCUT2D eigenvalue weighted by Crippen LogP contribution is 2.60. The molecule has 3 aliphatic rings. The summed E-state index contributed by atoms with van der Waals surface area (Å²) < 4.78 is 6.20. The highest BCUT2D eigenvalue weighted by Gasteiger charge is 2.50. The molecular weight excluding hydrogens is 244 g/mol. The molecule has 2 unspecified atom stereocenters. The lowest BCUT2D eigenvalue weighted by molar-refractivity contribution is -0.0766. The second-order valence-corrected chi connectivity index (χ2v) is 8.28. The van der Waals surface area contributed by atoms with Crippen LogP contribution in [-0.4, -0.2) is 12.7 Å². The number of hydrogen-bond acceptors (Lipinski definition) is 1. The minimum absolute atomic E-state index is 0.579. The van der Waals surface area contributed by atoms with Crippen LogP contribution in [0.5, 0.6) is 0 Å². The van der Waals surface area contributed by atoms with Crippen LogP contribution >= 0.6 is 0 Å². The van der Waals surface area contributed by atoms with Crippen LogP contribution in [-0.2, 0) is 4.74 Å². The molecule has 0 N–H and O–H groups in total. The Morgan fingerprint density at radius 3 is 2.20 bits per heavy atom. The minimum Gasteiger partial charge on any atom is -0.378 e. The van der Waals surface area contributed by atoms with Crippen LogP contribution in [0, 0.1) is 23.2 Å². The number of ether oxygens (including phenoxy) is 1. The van der Waals surface area contributed by atoms with E-state index in [9.17, 15) is 0 Å². The zero-order valence-corrected chi connectivity index (χ0v) is 13.7. The topological polar surface area (TPSA) is 9.23 Å². The molecule has 0 heterocycles. The van der Waals surface area contributed by atoms with Gasteiger partial charge in [0, 0.05) is 6.61 Å². The van der Waals surface area contributed by atoms with Gasteiger partial charge >= 0.3 is 0 Å². The van der Waals surface area contributed by atoms with Crippen molar-refractivity contribution in [3.8, 4) is 0 Å². The molecule has 0 aromatic carbocycles. The van der Waals surface area contributed by atoms with Gasteiger partial charge in [0.2, 0.25) is 0 Å². The van der Waals surface area contributed by atoms with Crippen molar-refractivity contribution in [1.82, 2.24) is 0 Å². The summed E-state index contributed by atoms with van der Waals surface area (Å²) in [6, 6.07) is 0. The molecule has 116 valence electrons. The van der Waals surface area contributed by atoms with Crippen LogP contribution < -0.4 is 0 Å². The van der Waals surface area contributed by atoms with E-state index in [1.54, 1.807) is 12.8 Å². The molecule has 0 aromatic heterocycles. The van der Waals surface area contributed by atoms with Crippen LogP contribution in [0.3, 0.4) is 0 Å². The van der Waals surface area contributed by atoms with Crippen LogP contribution in [0.15, 0.2) is 0 Å². The smallest absolute Gasteiger partial charge is 0.0578 e. The summed E-state index contributed by atoms with van der Waals surface area (Å²) in [6.45, 7) is 5.51. The van der Waals surface area contributed by atoms with Crippen molar-refractivity contribution in [3.05, 3.63) is 0 Å². The van der Waals surface area contributed by atoms with Crippen molar-refractivity contribution in [2.45, 2.75) is 90.6 Å². The first-order valence-corrected chi connectivity index (χ1v) is 9.32. The highest BCUT2D eigenvalue weighted by molar-refractivity contribution is 5.01. The van der Waals surface area contributed by atoms with E-state index < -0.39 is 0 Å². The fourth-order valence-corrected chi connectivity index (χ4v) is 5.38. The van der Waals surface area contributed by atoms with Crippen molar-refractivity contribution in [2.24, 2.45) is 23.2 Å². The lowest BCUT2D eigenvalue weighted by Crippen LogP contribution is -2.46. The summed E-state index contributed by atoms with van der Waals surface area (Å²) >= 11 is 0. The maximum absolute atomic E-state index is 6.20. The molecule has 2 atom stereocenters. The Morgan fingerprint density at radius 2 is 1.60 bits per heavy atom. The third kappa shape index (κ3) is 2.93. The molecule has 0 spiro atoms. The molecule has 0 aliphatic heterocycles. The highest BCUT2D eigenvalue weighted by atomic mass is 16.5. The van der Waals surface area contributed by atoms with Gasteiger partial charge in [-0.1, -0.05) is 39.5 Å². The second-order valence-electron chi connectivity index (χ2n) is 8.28. The molecule has 3 saturated carbocycles. The molecule has 0 saturated heterocycles. The van der Waals surface area contributed by atoms with E-state index in [0.717, 1.165) is 23.9 Å². The van der Waals surface area contributed by atoms with Gasteiger partial charge in [0.1, 0.15) is 0 Å². The monoisotopic (exact) mass is 278 g/mol. The average molecular weight is 278 g/mol. The van der Waals surface area contributed by atoms with Crippen molar-refractivity contribution < 1.29 is 4.74 Å². The Morgan fingerprint density at radius 1 is 0.900 bits per heavy atom. The molecule has 1 nitrogen and oxygen atoms in total. The maximum atomic E-state index is 6.20. The summed E-state index contributed by atoms with van der Waals surface area (Å²) in [5.41, 5.74) is 0.760. The van der Waals surface area contributed by atoms with E-state index in [-0.39, 0.29) is 0 Å². The van der Waals surface area contributed by atoms with Gasteiger partial charge in [0.25, 0.3) is 0 Å². The molecule has 0 aromatic rings. The van der Waals surface area contributed by atoms with Gasteiger partial charge in [-0.3, -0.25) is 0 Å². The fraction of sp³-hybridized carbons (Fsp3) is 1.00. The minimum atomic E-state index is 0.579. The summed E-state index contributed by atoms with van der Waals surface area (Å²) in [6.07, 6.45) is 16.9. The van der Waals surface area contributed by atoms with Gasteiger partial charge in [-0.05, 0) is 68.1 Å². The first-order chi connectivity index (χ1) is 9.71. The van der Waals surface area contributed by atoms with E-state index in [2.05, 4.69) is 13.8 Å². The van der Waals surface area contributed by atoms with Crippen molar-refractivity contribution >= 4 is 0 Å². The molecule has 0 amide bonds. The molecule has 3 aliphatic carbocycles. The Balaban J connectivity index is 1.60. The summed E-state index contributed by atoms with van der Waals surface area (Å²) in [4.78, 5) is 0. The van der Waals surface area contributed by atoms with E-state index in [1.807, 2.05) is 0 Å². The van der Waals surface area contributed by atoms with Crippen molar-refractivity contribution in [1.29, 1.82) is 0 Å². The van der Waals surface area contributed by atoms with Gasteiger partial charge in [-0.15, -0.1) is 0 Å². The van der Waals surface area contributed by atoms with E-state index >= 15 is 0 Å². The molecule has 0 radical (unpaired) electrons. The lowest BCUT2D eigenvalue weighted by atomic mass is 9.51. The van der Waals surface area contributed by atoms with Crippen LogP contribution in [0.25, 0.3) is 0 Å². The Bertz CT molecular complexity index is 299. The average Bonchev–Trinajstić information content (AvgIpc) is 2.90. The quantitative estimate of drug-likeness (QED) is 0.638. The van der Waals surface area contributed by atoms with E-state index in [4.69, 9.17) is 4.74 Å². The Labute approximate surface area is 125 Å². The van der Waals surface area contributed by atoms with Crippen molar-refractivity contribution in [3.63, 3.8) is 0 Å². The molecule has 3 fully saturated rings. The SMILES string of the molecule is CC(C)COC1CCCC(C2(C3CCCC3)CCC2)C1. The third-order valence-electron chi connectivity index (χ3n) is 6.56. The van der Waals surface area contributed by atoms with E-state index in [0.29, 0.717) is 12.0 Å². The molecule has 20 heavy (non-hydrogen) atoms. The largest absolute Gasteiger partial charge is 0.378 e. The van der Waals surface area contributed by atoms with Crippen LogP contribution in [0.2, 0.25) is 0 Å². The van der Waals surface area contributed by atoms with Gasteiger partial charge in [0.05, 0.1) is 6.10 Å². The molecule has 1 heteroatoms. The number of hydrogen-bond donors (Lipinski definition) is 0. The standard InChI is InChI=1S/C19H34O/c1-15(2)14-20-18-10-5-9-17(13-18)19(11-6-12-19)16-7-3-4-8-16/h15-18H,3-14H2,1-2H3. The van der Waals surface area contributed by atoms with Crippen LogP contribution in [0.1, 0.15) is 84.5 Å². The van der Waals surface area contributed by atoms with Gasteiger partial charge in [-0.2, -0.15) is 0 Å². The molecular formula is C19H34O. The summed E-state index contributed by atoms with van der Waals surface area (Å²) in [5.74, 6) is 2.75. The van der Waals surface area contributed by atoms with E-state index in [1.165, 1.54) is 57.8 Å². The van der Waals surface area contributed by atoms with Gasteiger partial charge in [-0.25, -0.2) is 0 Å². The molecule has 3 rings (SSSR count). The third-order valence-corrected chi connectivity index (χ3v) is 6.56. The first-order valence-electron chi connectivity index (χ1n) is 9.32. The predicted molar refractivity (Wildman–Crippen MR) is 84.8 cm³/mol.